The Kier molecular flexibility index (Phi) is 8.86. The maximum absolute atomic E-state index is 12.8. The van der Waals surface area contributed by atoms with E-state index in [1.807, 2.05) is 13.0 Å². The normalized spacial score (nSPS) is 11.5. The number of alkyl carbamates (subject to hydrolysis) is 1. The molecule has 1 unspecified atom stereocenters. The van der Waals surface area contributed by atoms with Gasteiger partial charge in [0.25, 0.3) is 5.91 Å². The Balaban J connectivity index is 3.06. The van der Waals surface area contributed by atoms with Crippen molar-refractivity contribution in [3.8, 4) is 12.5 Å². The molecule has 0 fully saturated rings. The highest BCUT2D eigenvalue weighted by Crippen LogP contribution is 2.22. The van der Waals surface area contributed by atoms with Crippen molar-refractivity contribution in [2.24, 2.45) is 0 Å². The molecule has 0 aromatic heterocycles. The smallest absolute Gasteiger partial charge is 0.408 e. The number of esters is 1. The Morgan fingerprint density at radius 1 is 1.17 bits per heavy atom. The van der Waals surface area contributed by atoms with Gasteiger partial charge in [0.15, 0.2) is 0 Å². The van der Waals surface area contributed by atoms with Gasteiger partial charge in [-0.1, -0.05) is 36.3 Å². The summed E-state index contributed by atoms with van der Waals surface area (Å²) in [5.41, 5.74) is 0.548. The number of amides is 3. The number of hydrogen-bond donors (Lipinski definition) is 2. The fourth-order valence-electron chi connectivity index (χ4n) is 2.42. The van der Waals surface area contributed by atoms with Crippen molar-refractivity contribution in [2.45, 2.75) is 39.3 Å². The summed E-state index contributed by atoms with van der Waals surface area (Å²) in [4.78, 5) is 49.5. The van der Waals surface area contributed by atoms with Gasteiger partial charge in [-0.05, 0) is 33.3 Å². The third kappa shape index (κ3) is 7.83. The van der Waals surface area contributed by atoms with E-state index < -0.39 is 42.1 Å². The van der Waals surface area contributed by atoms with Crippen LogP contribution in [-0.2, 0) is 23.9 Å². The first-order chi connectivity index (χ1) is 14.0. The van der Waals surface area contributed by atoms with Crippen molar-refractivity contribution in [3.63, 3.8) is 0 Å². The summed E-state index contributed by atoms with van der Waals surface area (Å²) in [7, 11) is 1.19. The average Bonchev–Trinajstić information content (AvgIpc) is 2.66. The van der Waals surface area contributed by atoms with Gasteiger partial charge < -0.3 is 20.1 Å². The topological polar surface area (TPSA) is 114 Å². The lowest BCUT2D eigenvalue weighted by Gasteiger charge is -2.27. The molecule has 0 spiro atoms. The number of benzene rings is 1. The van der Waals surface area contributed by atoms with E-state index in [-0.39, 0.29) is 6.54 Å². The van der Waals surface area contributed by atoms with Crippen molar-refractivity contribution in [1.82, 2.24) is 15.5 Å². The Labute approximate surface area is 176 Å². The van der Waals surface area contributed by atoms with E-state index in [9.17, 15) is 19.2 Å². The third-order valence-corrected chi connectivity index (χ3v) is 3.69. The lowest BCUT2D eigenvalue weighted by Crippen LogP contribution is -2.46. The maximum atomic E-state index is 12.8. The zero-order valence-corrected chi connectivity index (χ0v) is 17.8. The summed E-state index contributed by atoms with van der Waals surface area (Å²) in [6.07, 6.45) is 4.72. The van der Waals surface area contributed by atoms with Crippen LogP contribution in [0.25, 0.3) is 0 Å². The number of nitrogens with zero attached hydrogens (tertiary/aromatic N) is 1. The summed E-state index contributed by atoms with van der Waals surface area (Å²) < 4.78 is 9.59. The van der Waals surface area contributed by atoms with Gasteiger partial charge in [0.05, 0.1) is 7.11 Å². The summed E-state index contributed by atoms with van der Waals surface area (Å²) >= 11 is 0. The van der Waals surface area contributed by atoms with Gasteiger partial charge in [-0.25, -0.2) is 4.79 Å². The number of ether oxygens (including phenoxy) is 2. The molecule has 0 bridgehead atoms. The minimum Gasteiger partial charge on any atom is -0.468 e. The van der Waals surface area contributed by atoms with E-state index in [0.717, 1.165) is 10.5 Å². The molecular weight excluding hydrogens is 390 g/mol. The molecule has 3 amide bonds. The highest BCUT2D eigenvalue weighted by Gasteiger charge is 2.31. The zero-order valence-electron chi connectivity index (χ0n) is 17.8. The first-order valence-corrected chi connectivity index (χ1v) is 9.14. The monoisotopic (exact) mass is 417 g/mol. The first-order valence-electron chi connectivity index (χ1n) is 9.14. The second kappa shape index (κ2) is 10.9. The van der Waals surface area contributed by atoms with Crippen LogP contribution in [0.15, 0.2) is 24.3 Å². The van der Waals surface area contributed by atoms with Gasteiger partial charge in [-0.3, -0.25) is 19.3 Å². The molecule has 0 saturated carbocycles. The second-order valence-corrected chi connectivity index (χ2v) is 7.36. The first kappa shape index (κ1) is 24.5. The number of terminal acetylenes is 1. The van der Waals surface area contributed by atoms with Gasteiger partial charge in [0.1, 0.15) is 24.7 Å². The zero-order chi connectivity index (χ0) is 22.9. The van der Waals surface area contributed by atoms with Crippen molar-refractivity contribution in [1.29, 1.82) is 0 Å². The van der Waals surface area contributed by atoms with Gasteiger partial charge in [-0.2, -0.15) is 0 Å². The number of rotatable bonds is 7. The van der Waals surface area contributed by atoms with Crippen LogP contribution in [-0.4, -0.2) is 54.6 Å². The van der Waals surface area contributed by atoms with Crippen LogP contribution in [0.3, 0.4) is 0 Å². The Morgan fingerprint density at radius 2 is 1.83 bits per heavy atom. The van der Waals surface area contributed by atoms with Gasteiger partial charge in [0.2, 0.25) is 5.91 Å². The molecule has 9 nitrogen and oxygen atoms in total. The fourth-order valence-corrected chi connectivity index (χ4v) is 2.42. The molecule has 1 aromatic rings. The van der Waals surface area contributed by atoms with Crippen molar-refractivity contribution >= 4 is 23.9 Å². The van der Waals surface area contributed by atoms with Crippen molar-refractivity contribution in [3.05, 3.63) is 35.4 Å². The second-order valence-electron chi connectivity index (χ2n) is 7.36. The van der Waals surface area contributed by atoms with Crippen LogP contribution in [0.4, 0.5) is 4.79 Å². The molecule has 0 aliphatic rings. The summed E-state index contributed by atoms with van der Waals surface area (Å²) in [5.74, 6) is -2.03. The van der Waals surface area contributed by atoms with Crippen LogP contribution in [0.1, 0.15) is 37.9 Å². The molecule has 162 valence electrons. The van der Waals surface area contributed by atoms with Crippen LogP contribution in [0.2, 0.25) is 0 Å². The number of hydrogen-bond acceptors (Lipinski definition) is 6. The largest absolute Gasteiger partial charge is 0.468 e. The molecule has 9 heteroatoms. The van der Waals surface area contributed by atoms with E-state index in [1.165, 1.54) is 7.11 Å². The third-order valence-electron chi connectivity index (χ3n) is 3.69. The molecule has 1 rings (SSSR count). The Bertz CT molecular complexity index is 838. The summed E-state index contributed by atoms with van der Waals surface area (Å²) in [5, 5.41) is 4.72. The Hall–Kier alpha value is -3.54. The highest BCUT2D eigenvalue weighted by atomic mass is 16.6. The van der Waals surface area contributed by atoms with Gasteiger partial charge >= 0.3 is 12.1 Å². The number of methoxy groups -OCH3 is 1. The van der Waals surface area contributed by atoms with Crippen LogP contribution < -0.4 is 10.6 Å². The minimum absolute atomic E-state index is 0.388. The lowest BCUT2D eigenvalue weighted by molar-refractivity contribution is -0.142. The fraction of sp³-hybridized carbons (Fsp3) is 0.429. The van der Waals surface area contributed by atoms with Gasteiger partial charge in [0, 0.05) is 6.04 Å². The van der Waals surface area contributed by atoms with E-state index in [1.54, 1.807) is 39.0 Å². The number of aryl methyl sites for hydroxylation is 1. The number of carbonyl (C=O) groups is 4. The SMILES string of the molecule is C#CN(C(=O)CNC(=O)OC(C)(C)C)C(C(=O)NCC(=O)OC)c1cccc(C)c1. The molecule has 1 aromatic carbocycles. The standard InChI is InChI=1S/C21H27N3O6/c1-7-24(16(25)12-23-20(28)30-21(3,4)5)18(15-10-8-9-14(2)11-15)19(27)22-13-17(26)29-6/h1,8-11,18H,12-13H2,2-6H3,(H,22,27)(H,23,28). The van der Waals surface area contributed by atoms with Crippen molar-refractivity contribution < 1.29 is 28.7 Å². The lowest BCUT2D eigenvalue weighted by atomic mass is 10.0. The molecule has 0 aliphatic heterocycles. The molecule has 0 aliphatic carbocycles. The van der Waals surface area contributed by atoms with Gasteiger partial charge in [-0.15, -0.1) is 0 Å². The predicted molar refractivity (Wildman–Crippen MR) is 109 cm³/mol. The molecule has 0 saturated heterocycles. The van der Waals surface area contributed by atoms with E-state index >= 15 is 0 Å². The molecular formula is C21H27N3O6. The highest BCUT2D eigenvalue weighted by molar-refractivity contribution is 5.92. The van der Waals surface area contributed by atoms with Crippen LogP contribution >= 0.6 is 0 Å². The molecule has 2 N–H and O–H groups in total. The summed E-state index contributed by atoms with van der Waals surface area (Å²) in [6.45, 7) is 6.00. The van der Waals surface area contributed by atoms with E-state index in [0.29, 0.717) is 5.56 Å². The maximum Gasteiger partial charge on any atom is 0.408 e. The quantitative estimate of drug-likeness (QED) is 0.392. The van der Waals surface area contributed by atoms with E-state index in [2.05, 4.69) is 21.4 Å². The Morgan fingerprint density at radius 3 is 2.37 bits per heavy atom. The number of carbonyl (C=O) groups excluding carboxylic acids is 4. The molecule has 0 radical (unpaired) electrons. The van der Waals surface area contributed by atoms with Crippen LogP contribution in [0.5, 0.6) is 0 Å². The molecule has 1 atom stereocenters. The van der Waals surface area contributed by atoms with Crippen molar-refractivity contribution in [2.75, 3.05) is 20.2 Å². The predicted octanol–water partition coefficient (Wildman–Crippen LogP) is 1.27. The van der Waals surface area contributed by atoms with E-state index in [4.69, 9.17) is 11.2 Å². The minimum atomic E-state index is -1.22. The van der Waals surface area contributed by atoms with Crippen LogP contribution in [0, 0.1) is 19.4 Å². The molecule has 30 heavy (non-hydrogen) atoms. The molecule has 0 heterocycles. The summed E-state index contributed by atoms with van der Waals surface area (Å²) in [6, 6.07) is 7.83. The number of nitrogens with one attached hydrogen (secondary N) is 2. The average molecular weight is 417 g/mol.